The van der Waals surface area contributed by atoms with E-state index >= 15 is 0 Å². The van der Waals surface area contributed by atoms with Crippen LogP contribution in [0.4, 0.5) is 5.69 Å². The number of benzene rings is 3. The van der Waals surface area contributed by atoms with Gasteiger partial charge in [0.2, 0.25) is 0 Å². The predicted molar refractivity (Wildman–Crippen MR) is 124 cm³/mol. The number of rotatable bonds is 7. The van der Waals surface area contributed by atoms with Crippen molar-refractivity contribution >= 4 is 38.9 Å². The standard InChI is InChI=1S/C25H22N2O3S/c1-16(28)19-9-13-21(14-10-19)30-17(2)25(29)26-20-11-7-18(8-12-20)15-24-27-22-5-3-4-6-23(22)31-24/h3-14,17H,15H2,1-2H3,(H,26,29). The van der Waals surface area contributed by atoms with Crippen LogP contribution in [0.25, 0.3) is 10.2 Å². The molecule has 4 aromatic rings. The predicted octanol–water partition coefficient (Wildman–Crippen LogP) is 5.50. The molecule has 1 unspecified atom stereocenters. The van der Waals surface area contributed by atoms with Crippen molar-refractivity contribution in [3.63, 3.8) is 0 Å². The zero-order valence-electron chi connectivity index (χ0n) is 17.3. The van der Waals surface area contributed by atoms with E-state index in [0.29, 0.717) is 17.0 Å². The van der Waals surface area contributed by atoms with E-state index in [1.165, 1.54) is 11.6 Å². The van der Waals surface area contributed by atoms with E-state index in [1.54, 1.807) is 42.5 Å². The minimum atomic E-state index is -0.675. The number of hydrogen-bond acceptors (Lipinski definition) is 5. The SMILES string of the molecule is CC(=O)c1ccc(OC(C)C(=O)Nc2ccc(Cc3nc4ccccc4s3)cc2)cc1. The monoisotopic (exact) mass is 430 g/mol. The summed E-state index contributed by atoms with van der Waals surface area (Å²) in [5.41, 5.74) is 3.47. The van der Waals surface area contributed by atoms with Gasteiger partial charge >= 0.3 is 0 Å². The fraction of sp³-hybridized carbons (Fsp3) is 0.160. The number of carbonyl (C=O) groups is 2. The summed E-state index contributed by atoms with van der Waals surface area (Å²) in [4.78, 5) is 28.5. The molecule has 1 amide bonds. The molecule has 31 heavy (non-hydrogen) atoms. The highest BCUT2D eigenvalue weighted by Gasteiger charge is 2.15. The Morgan fingerprint density at radius 1 is 1.00 bits per heavy atom. The van der Waals surface area contributed by atoms with Crippen LogP contribution >= 0.6 is 11.3 Å². The summed E-state index contributed by atoms with van der Waals surface area (Å²) >= 11 is 1.70. The molecule has 6 heteroatoms. The highest BCUT2D eigenvalue weighted by Crippen LogP contribution is 2.24. The number of anilines is 1. The molecule has 0 bridgehead atoms. The summed E-state index contributed by atoms with van der Waals surface area (Å²) < 4.78 is 6.87. The molecule has 0 aliphatic rings. The fourth-order valence-electron chi connectivity index (χ4n) is 3.15. The number of carbonyl (C=O) groups excluding carboxylic acids is 2. The Morgan fingerprint density at radius 3 is 2.39 bits per heavy atom. The van der Waals surface area contributed by atoms with E-state index in [4.69, 9.17) is 4.74 Å². The molecule has 1 heterocycles. The number of nitrogens with zero attached hydrogens (tertiary/aromatic N) is 1. The number of fused-ring (bicyclic) bond motifs is 1. The summed E-state index contributed by atoms with van der Waals surface area (Å²) in [7, 11) is 0. The zero-order valence-corrected chi connectivity index (χ0v) is 18.1. The number of hydrogen-bond donors (Lipinski definition) is 1. The first-order chi connectivity index (χ1) is 15.0. The van der Waals surface area contributed by atoms with E-state index in [9.17, 15) is 9.59 Å². The Balaban J connectivity index is 1.34. The normalized spacial score (nSPS) is 11.8. The minimum absolute atomic E-state index is 0.0103. The van der Waals surface area contributed by atoms with Crippen molar-refractivity contribution in [1.29, 1.82) is 0 Å². The lowest BCUT2D eigenvalue weighted by Gasteiger charge is -2.15. The van der Waals surface area contributed by atoms with E-state index in [1.807, 2.05) is 42.5 Å². The number of ether oxygens (including phenoxy) is 1. The maximum atomic E-state index is 12.5. The molecule has 3 aromatic carbocycles. The highest BCUT2D eigenvalue weighted by molar-refractivity contribution is 7.18. The molecular formula is C25H22N2O3S. The van der Waals surface area contributed by atoms with Gasteiger partial charge in [0.15, 0.2) is 11.9 Å². The number of ketones is 1. The number of aromatic nitrogens is 1. The van der Waals surface area contributed by atoms with E-state index in [2.05, 4.69) is 16.4 Å². The van der Waals surface area contributed by atoms with Crippen LogP contribution in [0.3, 0.4) is 0 Å². The molecule has 0 aliphatic heterocycles. The minimum Gasteiger partial charge on any atom is -0.481 e. The summed E-state index contributed by atoms with van der Waals surface area (Å²) in [6.45, 7) is 3.20. The van der Waals surface area contributed by atoms with Crippen molar-refractivity contribution in [3.8, 4) is 5.75 Å². The molecule has 0 spiro atoms. The average Bonchev–Trinajstić information content (AvgIpc) is 3.17. The van der Waals surface area contributed by atoms with Crippen LogP contribution in [0.1, 0.15) is 34.8 Å². The average molecular weight is 431 g/mol. The molecule has 4 rings (SSSR count). The quantitative estimate of drug-likeness (QED) is 0.393. The van der Waals surface area contributed by atoms with Gasteiger partial charge in [0.05, 0.1) is 15.2 Å². The maximum absolute atomic E-state index is 12.5. The Morgan fingerprint density at radius 2 is 1.71 bits per heavy atom. The van der Waals surface area contributed by atoms with Gasteiger partial charge in [-0.05, 0) is 67.9 Å². The molecule has 0 saturated heterocycles. The van der Waals surface area contributed by atoms with E-state index in [0.717, 1.165) is 22.5 Å². The molecule has 0 aliphatic carbocycles. The Labute approximate surface area is 184 Å². The summed E-state index contributed by atoms with van der Waals surface area (Å²) in [6.07, 6.45) is 0.0780. The van der Waals surface area contributed by atoms with Gasteiger partial charge in [-0.2, -0.15) is 0 Å². The Bertz CT molecular complexity index is 1180. The van der Waals surface area contributed by atoms with Crippen LogP contribution in [0.5, 0.6) is 5.75 Å². The highest BCUT2D eigenvalue weighted by atomic mass is 32.1. The second kappa shape index (κ2) is 9.10. The van der Waals surface area contributed by atoms with Crippen molar-refractivity contribution in [2.75, 3.05) is 5.32 Å². The van der Waals surface area contributed by atoms with Crippen LogP contribution < -0.4 is 10.1 Å². The van der Waals surface area contributed by atoms with E-state index in [-0.39, 0.29) is 11.7 Å². The number of nitrogens with one attached hydrogen (secondary N) is 1. The van der Waals surface area contributed by atoms with Crippen LogP contribution in [0.15, 0.2) is 72.8 Å². The lowest BCUT2D eigenvalue weighted by Crippen LogP contribution is -2.30. The van der Waals surface area contributed by atoms with Crippen molar-refractivity contribution in [2.45, 2.75) is 26.4 Å². The Kier molecular flexibility index (Phi) is 6.09. The van der Waals surface area contributed by atoms with Crippen molar-refractivity contribution in [2.24, 2.45) is 0 Å². The smallest absolute Gasteiger partial charge is 0.265 e. The summed E-state index contributed by atoms with van der Waals surface area (Å²) in [5.74, 6) is 0.289. The lowest BCUT2D eigenvalue weighted by molar-refractivity contribution is -0.122. The molecular weight excluding hydrogens is 408 g/mol. The van der Waals surface area contributed by atoms with Gasteiger partial charge in [-0.3, -0.25) is 9.59 Å². The number of para-hydroxylation sites is 1. The maximum Gasteiger partial charge on any atom is 0.265 e. The van der Waals surface area contributed by atoms with Gasteiger partial charge in [0.25, 0.3) is 5.91 Å². The van der Waals surface area contributed by atoms with Gasteiger partial charge in [-0.15, -0.1) is 11.3 Å². The van der Waals surface area contributed by atoms with Gasteiger partial charge < -0.3 is 10.1 Å². The molecule has 5 nitrogen and oxygen atoms in total. The third kappa shape index (κ3) is 5.16. The molecule has 1 N–H and O–H groups in total. The second-order valence-corrected chi connectivity index (χ2v) is 8.39. The number of amides is 1. The third-order valence-electron chi connectivity index (χ3n) is 4.86. The van der Waals surface area contributed by atoms with Crippen LogP contribution in [-0.2, 0) is 11.2 Å². The lowest BCUT2D eigenvalue weighted by atomic mass is 10.1. The van der Waals surface area contributed by atoms with Gasteiger partial charge in [-0.1, -0.05) is 24.3 Å². The van der Waals surface area contributed by atoms with Crippen molar-refractivity contribution in [1.82, 2.24) is 4.98 Å². The summed E-state index contributed by atoms with van der Waals surface area (Å²) in [6, 6.07) is 22.6. The molecule has 0 radical (unpaired) electrons. The third-order valence-corrected chi connectivity index (χ3v) is 5.89. The van der Waals surface area contributed by atoms with Crippen LogP contribution in [0.2, 0.25) is 0 Å². The first-order valence-corrected chi connectivity index (χ1v) is 10.8. The van der Waals surface area contributed by atoms with E-state index < -0.39 is 6.10 Å². The second-order valence-electron chi connectivity index (χ2n) is 7.28. The van der Waals surface area contributed by atoms with Gasteiger partial charge in [0, 0.05) is 17.7 Å². The van der Waals surface area contributed by atoms with Crippen LogP contribution in [0, 0.1) is 0 Å². The van der Waals surface area contributed by atoms with Gasteiger partial charge in [0.1, 0.15) is 5.75 Å². The molecule has 0 saturated carbocycles. The van der Waals surface area contributed by atoms with Crippen molar-refractivity contribution < 1.29 is 14.3 Å². The van der Waals surface area contributed by atoms with Crippen LogP contribution in [-0.4, -0.2) is 22.8 Å². The summed E-state index contributed by atoms with van der Waals surface area (Å²) in [5, 5.41) is 3.94. The molecule has 1 atom stereocenters. The first-order valence-electron chi connectivity index (χ1n) is 10.00. The van der Waals surface area contributed by atoms with Gasteiger partial charge in [-0.25, -0.2) is 4.98 Å². The Hall–Kier alpha value is -3.51. The molecule has 0 fully saturated rings. The van der Waals surface area contributed by atoms with Crippen molar-refractivity contribution in [3.05, 3.63) is 88.9 Å². The number of thiazole rings is 1. The fourth-order valence-corrected chi connectivity index (χ4v) is 4.15. The topological polar surface area (TPSA) is 68.3 Å². The molecule has 156 valence electrons. The molecule has 1 aromatic heterocycles. The largest absolute Gasteiger partial charge is 0.481 e. The zero-order chi connectivity index (χ0) is 21.8. The first kappa shape index (κ1) is 20.8. The number of Topliss-reactive ketones (excluding diaryl/α,β-unsaturated/α-hetero) is 1.